The van der Waals surface area contributed by atoms with E-state index in [2.05, 4.69) is 37.2 Å². The van der Waals surface area contributed by atoms with Crippen LogP contribution in [0.2, 0.25) is 0 Å². The van der Waals surface area contributed by atoms with Crippen LogP contribution in [0.25, 0.3) is 33.4 Å². The van der Waals surface area contributed by atoms with Gasteiger partial charge in [0.1, 0.15) is 88.2 Å². The van der Waals surface area contributed by atoms with Crippen LogP contribution in [-0.2, 0) is 72.2 Å². The Bertz CT molecular complexity index is 5010. The van der Waals surface area contributed by atoms with E-state index in [9.17, 15) is 47.7 Å². The maximum Gasteiger partial charge on any atom is 0.306 e. The van der Waals surface area contributed by atoms with Crippen molar-refractivity contribution in [2.24, 2.45) is 0 Å². The summed E-state index contributed by atoms with van der Waals surface area (Å²) in [6.45, 7) is 10.8. The molecule has 0 bridgehead atoms. The molecular formula is C110H135F3O22. The summed E-state index contributed by atoms with van der Waals surface area (Å²) in [7, 11) is 10.3. The first kappa shape index (κ1) is 108. The van der Waals surface area contributed by atoms with E-state index in [1.165, 1.54) is 46.6 Å². The van der Waals surface area contributed by atoms with Crippen LogP contribution in [0.5, 0.6) is 57.5 Å². The van der Waals surface area contributed by atoms with Gasteiger partial charge in [0.2, 0.25) is 0 Å². The van der Waals surface area contributed by atoms with E-state index in [0.717, 1.165) is 143 Å². The third-order valence-corrected chi connectivity index (χ3v) is 23.2. The highest BCUT2D eigenvalue weighted by atomic mass is 19.1. The van der Waals surface area contributed by atoms with E-state index in [0.29, 0.717) is 144 Å². The van der Waals surface area contributed by atoms with Gasteiger partial charge in [-0.2, -0.15) is 0 Å². The van der Waals surface area contributed by atoms with Gasteiger partial charge in [-0.3, -0.25) is 19.2 Å². The molecule has 3 aliphatic heterocycles. The lowest BCUT2D eigenvalue weighted by atomic mass is 9.91. The second-order valence-electron chi connectivity index (χ2n) is 32.9. The number of ether oxygens (including phenoxy) is 15. The molecule has 0 aromatic heterocycles. The van der Waals surface area contributed by atoms with Gasteiger partial charge in [-0.15, -0.1) is 0 Å². The number of hydrogen-bond donors (Lipinski definition) is 3. The number of methoxy groups -OCH3 is 7. The summed E-state index contributed by atoms with van der Waals surface area (Å²) in [5, 5.41) is 28.2. The molecule has 3 unspecified atom stereocenters. The summed E-state index contributed by atoms with van der Waals surface area (Å²) in [6, 6.07) is 60.2. The molecule has 0 aliphatic carbocycles. The van der Waals surface area contributed by atoms with Gasteiger partial charge in [-0.05, 0) is 248 Å². The minimum Gasteiger partial charge on any atom is -0.508 e. The Labute approximate surface area is 793 Å². The maximum absolute atomic E-state index is 14.9. The zero-order chi connectivity index (χ0) is 96.1. The first-order valence-electron chi connectivity index (χ1n) is 46.2. The molecule has 135 heavy (non-hydrogen) atoms. The average molecular weight is 1870 g/mol. The van der Waals surface area contributed by atoms with Crippen molar-refractivity contribution < 1.29 is 119 Å². The molecule has 3 fully saturated rings. The topological polar surface area (TPSA) is 267 Å². The predicted molar refractivity (Wildman–Crippen MR) is 515 cm³/mol. The molecule has 0 radical (unpaired) electrons. The van der Waals surface area contributed by atoms with Crippen LogP contribution in [0.1, 0.15) is 233 Å². The van der Waals surface area contributed by atoms with Crippen molar-refractivity contribution in [3.63, 3.8) is 0 Å². The second kappa shape index (κ2) is 58.1. The normalized spacial score (nSPS) is 15.1. The quantitative estimate of drug-likeness (QED) is 0.0239. The number of phenolic OH excluding ortho intramolecular Hbond substituents is 2. The van der Waals surface area contributed by atoms with Crippen LogP contribution >= 0.6 is 0 Å². The number of aliphatic hydroxyl groups excluding tert-OH is 1. The highest BCUT2D eigenvalue weighted by Gasteiger charge is 2.27. The van der Waals surface area contributed by atoms with E-state index < -0.39 is 0 Å². The molecule has 3 saturated heterocycles. The summed E-state index contributed by atoms with van der Waals surface area (Å²) >= 11 is 0. The van der Waals surface area contributed by atoms with E-state index in [4.69, 9.17) is 61.6 Å². The van der Waals surface area contributed by atoms with Crippen LogP contribution in [0.3, 0.4) is 0 Å². The highest BCUT2D eigenvalue weighted by Crippen LogP contribution is 2.42. The Balaban J connectivity index is 0.000000217. The number of carbonyl (C=O) groups excluding carboxylic acids is 4. The van der Waals surface area contributed by atoms with Crippen molar-refractivity contribution >= 4 is 23.9 Å². The van der Waals surface area contributed by atoms with Crippen LogP contribution < -0.4 is 37.9 Å². The molecule has 10 aromatic rings. The number of halogens is 3. The van der Waals surface area contributed by atoms with Crippen molar-refractivity contribution in [1.82, 2.24) is 0 Å². The molecule has 0 amide bonds. The molecule has 728 valence electrons. The summed E-state index contributed by atoms with van der Waals surface area (Å²) in [5.41, 5.74) is 9.56. The maximum atomic E-state index is 14.9. The first-order chi connectivity index (χ1) is 65.0. The van der Waals surface area contributed by atoms with Crippen LogP contribution in [0.15, 0.2) is 206 Å². The van der Waals surface area contributed by atoms with Crippen LogP contribution in [0, 0.1) is 17.5 Å². The zero-order valence-corrected chi connectivity index (χ0v) is 79.0. The number of phenols is 2. The zero-order valence-electron chi connectivity index (χ0n) is 79.0. The summed E-state index contributed by atoms with van der Waals surface area (Å²) in [6.07, 6.45) is 16.2. The SMILES string of the molecule is C.CCC[C@@H](CC(=O)OC)c1cccc(O)c1.CCC[C@@H](CC(=O)OC)c1cccc(OCc2ccc(-c3cc(OC)ccc3F)c(OC3CCCCO3)c2)c1.CCC[C@H](CC(=O)OC)c1cccc(O)c1.CCC[C@H](CC(=O)OC)c1cccc(OCc2ccc(-c3cc(OC)ccc3F)c(OC3CCCCO3)c2)c1.COc1ccc(F)c(-c2ccc(CO)cc2OC2CCCCO2)c1. The lowest BCUT2D eigenvalue weighted by Crippen LogP contribution is -2.25. The van der Waals surface area contributed by atoms with E-state index >= 15 is 0 Å². The van der Waals surface area contributed by atoms with E-state index in [1.54, 1.807) is 112 Å². The number of esters is 4. The molecular weight excluding hydrogens is 1730 g/mol. The van der Waals surface area contributed by atoms with E-state index in [1.807, 2.05) is 97.1 Å². The molecule has 7 atom stereocenters. The van der Waals surface area contributed by atoms with E-state index in [-0.39, 0.29) is 109 Å². The van der Waals surface area contributed by atoms with Gasteiger partial charge in [0.15, 0.2) is 18.9 Å². The van der Waals surface area contributed by atoms with Gasteiger partial charge in [0, 0.05) is 52.6 Å². The first-order valence-corrected chi connectivity index (χ1v) is 46.2. The largest absolute Gasteiger partial charge is 0.508 e. The third kappa shape index (κ3) is 34.9. The van der Waals surface area contributed by atoms with Crippen LogP contribution in [0.4, 0.5) is 13.2 Å². The molecule has 22 nitrogen and oxygen atoms in total. The molecule has 3 N–H and O–H groups in total. The van der Waals surface area contributed by atoms with Gasteiger partial charge >= 0.3 is 23.9 Å². The Morgan fingerprint density at radius 2 is 0.630 bits per heavy atom. The van der Waals surface area contributed by atoms with Crippen molar-refractivity contribution in [3.05, 3.63) is 263 Å². The van der Waals surface area contributed by atoms with Crippen LogP contribution in [-0.4, -0.2) is 128 Å². The smallest absolute Gasteiger partial charge is 0.306 e. The Hall–Kier alpha value is -12.3. The highest BCUT2D eigenvalue weighted by molar-refractivity contribution is 5.76. The molecule has 3 aliphatic rings. The fourth-order valence-electron chi connectivity index (χ4n) is 16.0. The lowest BCUT2D eigenvalue weighted by Gasteiger charge is -2.25. The average Bonchev–Trinajstić information content (AvgIpc) is 0.807. The predicted octanol–water partition coefficient (Wildman–Crippen LogP) is 25.1. The minimum absolute atomic E-state index is 0. The fourth-order valence-corrected chi connectivity index (χ4v) is 16.0. The van der Waals surface area contributed by atoms with Gasteiger partial charge in [0.25, 0.3) is 0 Å². The number of aliphatic hydroxyl groups is 1. The van der Waals surface area contributed by atoms with Crippen molar-refractivity contribution in [2.45, 2.75) is 232 Å². The number of aromatic hydroxyl groups is 2. The number of hydrogen-bond acceptors (Lipinski definition) is 22. The third-order valence-electron chi connectivity index (χ3n) is 23.2. The summed E-state index contributed by atoms with van der Waals surface area (Å²) in [4.78, 5) is 46.4. The summed E-state index contributed by atoms with van der Waals surface area (Å²) < 4.78 is 127. The monoisotopic (exact) mass is 1860 g/mol. The Morgan fingerprint density at radius 3 is 0.896 bits per heavy atom. The number of carbonyl (C=O) groups is 4. The summed E-state index contributed by atoms with van der Waals surface area (Å²) in [5.74, 6) is 3.61. The Morgan fingerprint density at radius 1 is 0.341 bits per heavy atom. The van der Waals surface area contributed by atoms with Gasteiger partial charge in [-0.1, -0.05) is 146 Å². The minimum atomic E-state index is -0.385. The Kier molecular flexibility index (Phi) is 46.5. The second-order valence-corrected chi connectivity index (χ2v) is 32.9. The lowest BCUT2D eigenvalue weighted by molar-refractivity contribution is -0.142. The van der Waals surface area contributed by atoms with Gasteiger partial charge in [0.05, 0.1) is 102 Å². The standard InChI is InChI=1S/2C32H37FO6.C19H21FO4.2C13H18O3.CH4/c2*1-4-8-23(19-31(34)36-3)24-9-7-10-26(18-24)38-21-22-12-14-27(28-20-25(35-2)13-15-29(28)33)30(17-22)39-32-11-5-6-16-37-32;1-22-14-6-8-17(20)16(11-14)15-7-5-13(12-21)10-18(15)24-19-4-2-3-9-23-19;2*1-3-5-10(9-13(15)16-2)11-6-4-7-12(14)8-11;/h2*7,9-10,12-15,17-18,20,23,32H,4-6,8,11,16,19,21H2,1-3H3;5-8,10-11,19,21H,2-4,9,12H2,1H3;2*4,6-8,10,14H,3,5,9H2,1-2H3;1H4/t2*23-,32?;;2*10-;/m10.10./s1. The van der Waals surface area contributed by atoms with Gasteiger partial charge in [-0.25, -0.2) is 13.2 Å². The van der Waals surface area contributed by atoms with Crippen molar-refractivity contribution in [1.29, 1.82) is 0 Å². The molecule has 0 saturated carbocycles. The number of benzene rings is 10. The molecule has 10 aromatic carbocycles. The van der Waals surface area contributed by atoms with Crippen molar-refractivity contribution in [3.8, 4) is 90.9 Å². The number of rotatable bonds is 39. The molecule has 3 heterocycles. The van der Waals surface area contributed by atoms with Gasteiger partial charge < -0.3 is 86.4 Å². The molecule has 13 rings (SSSR count). The fraction of sp³-hybridized carbons (Fsp3) is 0.418. The van der Waals surface area contributed by atoms with Crippen molar-refractivity contribution in [2.75, 3.05) is 69.6 Å². The molecule has 0 spiro atoms. The molecule has 25 heteroatoms.